The van der Waals surface area contributed by atoms with Crippen molar-refractivity contribution in [2.75, 3.05) is 82.3 Å². The molecule has 3 aromatic carbocycles. The number of fused-ring (bicyclic) bond motifs is 3. The fraction of sp³-hybridized carbons (Fsp3) is 0.505. The summed E-state index contributed by atoms with van der Waals surface area (Å²) in [6.45, 7) is 28.5. The predicted molar refractivity (Wildman–Crippen MR) is 478 cm³/mol. The summed E-state index contributed by atoms with van der Waals surface area (Å²) in [5.41, 5.74) is 7.03. The van der Waals surface area contributed by atoms with Gasteiger partial charge in [-0.1, -0.05) is 50.9 Å². The van der Waals surface area contributed by atoms with E-state index in [9.17, 15) is 39.5 Å². The summed E-state index contributed by atoms with van der Waals surface area (Å²) in [5, 5.41) is 24.8. The number of likely N-dealkylation sites (tertiary alicyclic amines) is 1. The molecule has 682 valence electrons. The first kappa shape index (κ1) is 91.9. The van der Waals surface area contributed by atoms with Gasteiger partial charge in [0.15, 0.2) is 22.9 Å². The third-order valence-corrected chi connectivity index (χ3v) is 29.0. The average Bonchev–Trinajstić information content (AvgIpc) is 1.61. The lowest BCUT2D eigenvalue weighted by Crippen LogP contribution is -2.41. The summed E-state index contributed by atoms with van der Waals surface area (Å²) in [6.07, 6.45) is 19.0. The number of amidine groups is 1. The van der Waals surface area contributed by atoms with Gasteiger partial charge in [0.05, 0.1) is 108 Å². The zero-order valence-electron chi connectivity index (χ0n) is 73.8. The minimum absolute atomic E-state index is 0.00905. The number of hydrogen-bond donors (Lipinski definition) is 0. The number of ether oxygens (including phenoxy) is 5. The van der Waals surface area contributed by atoms with Gasteiger partial charge in [-0.2, -0.15) is 25.5 Å². The number of anilines is 2. The molecule has 0 N–H and O–H groups in total. The molecule has 8 aliphatic heterocycles. The maximum absolute atomic E-state index is 15.0. The molecule has 7 fully saturated rings. The highest BCUT2D eigenvalue weighted by molar-refractivity contribution is 6.76. The standard InChI is InChI=1S/C30H37F3N6O2Si.C25H24F3N5O.C22H26ClF3N4OSi.C14H23BN2O3/c1-42(2,3)11-10-41-19-39-29-26(12-20(15-34-29)21-16-35-38(17-21)24-6-8-40-9-7-24)30(36-39)37-18-23(32)14-28(37)25-13-22(31)4-5-27(25)33;26-17-1-2-22(28)20(8-17)24-9-18(27)14-32(24)25-21-7-15(10-29-23(21)12-30-25)16-11-31-33(13-16)19-3-5-34-6-4-19;1-32(2,3)7-6-31-13-30-21-18(8-14(23)11-27-21)22(28-30)29-12-16(25)10-20(29)17-9-15(24)4-5-19(17)26;1-13(2)14(3,4)20-15(19-13)11-9-16-17(10-11)12-5-7-18-8-6-12/h4-5,12-13,15-17,23-24,28H,6-11,14,18-19H2,1-3H3;1-2,7-8,10-11,13,18-19,24H,3-6,9,12,14H2;4-5,8-9,11,16,20H,6-7,10,12-13H2,1-3H3;9-10,12H,5-8H2,1-4H3/t23-,28+;18-,24+;16-,20+;/m000./s1. The van der Waals surface area contributed by atoms with E-state index < -0.39 is 87.7 Å². The molecule has 128 heavy (non-hydrogen) atoms. The van der Waals surface area contributed by atoms with E-state index in [1.165, 1.54) is 6.20 Å². The van der Waals surface area contributed by atoms with Gasteiger partial charge in [-0.25, -0.2) is 58.8 Å². The topological polar surface area (TPSA) is 214 Å². The first-order valence-corrected chi connectivity index (χ1v) is 51.9. The maximum Gasteiger partial charge on any atom is 0.498 e. The zero-order valence-corrected chi connectivity index (χ0v) is 76.6. The fourth-order valence-corrected chi connectivity index (χ4v) is 19.1. The van der Waals surface area contributed by atoms with E-state index >= 15 is 0 Å². The van der Waals surface area contributed by atoms with Crippen LogP contribution in [0.4, 0.5) is 51.1 Å². The number of benzene rings is 3. The molecule has 6 atom stereocenters. The van der Waals surface area contributed by atoms with Crippen LogP contribution < -0.4 is 15.3 Å². The Labute approximate surface area is 745 Å². The monoisotopic (exact) mass is 1830 g/mol. The van der Waals surface area contributed by atoms with Crippen LogP contribution in [-0.4, -0.2) is 200 Å². The Morgan fingerprint density at radius 2 is 0.867 bits per heavy atom. The van der Waals surface area contributed by atoms with Gasteiger partial charge in [0.1, 0.15) is 72.7 Å². The normalized spacial score (nSPS) is 21.6. The summed E-state index contributed by atoms with van der Waals surface area (Å²) in [6, 6.07) is 16.5. The molecule has 24 nitrogen and oxygen atoms in total. The summed E-state index contributed by atoms with van der Waals surface area (Å²) in [7, 11) is -2.85. The van der Waals surface area contributed by atoms with Gasteiger partial charge in [0.25, 0.3) is 0 Å². The molecular weight excluding hydrogens is 1720 g/mol. The molecule has 0 radical (unpaired) electrons. The van der Waals surface area contributed by atoms with Gasteiger partial charge in [-0.15, -0.1) is 0 Å². The van der Waals surface area contributed by atoms with Crippen LogP contribution in [0.5, 0.6) is 0 Å². The van der Waals surface area contributed by atoms with E-state index in [1.807, 2.05) is 57.2 Å². The minimum atomic E-state index is -1.29. The first-order chi connectivity index (χ1) is 61.2. The Hall–Kier alpha value is -9.37. The Morgan fingerprint density at radius 3 is 1.32 bits per heavy atom. The number of aromatic nitrogens is 13. The second-order valence-corrected chi connectivity index (χ2v) is 49.3. The number of pyridine rings is 3. The predicted octanol–water partition coefficient (Wildman–Crippen LogP) is 18.6. The van der Waals surface area contributed by atoms with Gasteiger partial charge in [-0.05, 0) is 151 Å². The molecule has 37 heteroatoms. The lowest BCUT2D eigenvalue weighted by molar-refractivity contribution is 0.00578. The van der Waals surface area contributed by atoms with E-state index in [0.29, 0.717) is 89.6 Å². The van der Waals surface area contributed by atoms with Crippen LogP contribution in [0.25, 0.3) is 44.3 Å². The number of aliphatic imine (C=N–C) groups is 1. The lowest BCUT2D eigenvalue weighted by atomic mass is 9.82. The Kier molecular flexibility index (Phi) is 28.0. The molecule has 8 aromatic heterocycles. The Balaban J connectivity index is 0.000000129. The average molecular weight is 1830 g/mol. The number of halogens is 10. The molecule has 16 heterocycles. The SMILES string of the molecule is CC1(C)OB(c2cnn(C3CCOCC3)c2)OC1(C)C.C[Si](C)(C)CCOCn1nc(N2C[C@@H](F)C[C@@H]2c2cc(F)ccc2F)c2cc(-c3cnn(C4CCOCC4)c3)cnc21.C[Si](C)(C)CCOCn1nc(N2C[C@@H](F)C[C@@H]2c2cc(F)ccc2F)c2cc(Cl)cnc21.Fc1ccc(F)c([C@H]2C[C@H](F)CN2C2=NCc3ncc(-c4cnn(C5CCOCC5)c4)cc32)c1. The molecule has 8 aliphatic rings. The number of alkyl halides is 3. The molecule has 0 aliphatic carbocycles. The van der Waals surface area contributed by atoms with Crippen molar-refractivity contribution in [2.45, 2.75) is 223 Å². The second-order valence-electron chi connectivity index (χ2n) is 37.6. The smallest absolute Gasteiger partial charge is 0.399 e. The van der Waals surface area contributed by atoms with Crippen LogP contribution in [0.1, 0.15) is 150 Å². The van der Waals surface area contributed by atoms with Crippen molar-refractivity contribution in [2.24, 2.45) is 4.99 Å². The van der Waals surface area contributed by atoms with Crippen molar-refractivity contribution in [3.05, 3.63) is 196 Å². The summed E-state index contributed by atoms with van der Waals surface area (Å²) in [5.74, 6) is -1.89. The molecule has 0 saturated carbocycles. The molecule has 0 unspecified atom stereocenters. The molecule has 7 saturated heterocycles. The number of nitrogens with zero attached hydrogens (tertiary/aromatic N) is 17. The van der Waals surface area contributed by atoms with Crippen molar-refractivity contribution in [1.29, 1.82) is 0 Å². The molecule has 0 bridgehead atoms. The van der Waals surface area contributed by atoms with E-state index in [0.717, 1.165) is 171 Å². The van der Waals surface area contributed by atoms with Crippen LogP contribution in [0, 0.1) is 34.9 Å². The highest BCUT2D eigenvalue weighted by atomic mass is 35.5. The molecule has 11 aromatic rings. The summed E-state index contributed by atoms with van der Waals surface area (Å²) < 4.78 is 180. The van der Waals surface area contributed by atoms with Crippen molar-refractivity contribution in [3.63, 3.8) is 0 Å². The number of hydrogen-bond acceptors (Lipinski definition) is 19. The van der Waals surface area contributed by atoms with Crippen molar-refractivity contribution in [3.8, 4) is 22.3 Å². The third-order valence-electron chi connectivity index (χ3n) is 25.3. The van der Waals surface area contributed by atoms with Crippen LogP contribution in [-0.2, 0) is 53.0 Å². The van der Waals surface area contributed by atoms with Crippen molar-refractivity contribution < 1.29 is 72.5 Å². The van der Waals surface area contributed by atoms with Crippen LogP contribution in [0.3, 0.4) is 0 Å². The van der Waals surface area contributed by atoms with Crippen molar-refractivity contribution in [1.82, 2.24) is 68.8 Å². The molecular formula is C91H110BClF9N17O7Si2. The van der Waals surface area contributed by atoms with Gasteiger partial charge in [-0.3, -0.25) is 24.0 Å². The minimum Gasteiger partial charge on any atom is -0.399 e. The lowest BCUT2D eigenvalue weighted by Gasteiger charge is -2.32. The largest absolute Gasteiger partial charge is 0.498 e. The van der Waals surface area contributed by atoms with Gasteiger partial charge < -0.3 is 47.7 Å². The molecule has 0 spiro atoms. The molecule has 0 amide bonds. The van der Waals surface area contributed by atoms with E-state index in [-0.39, 0.29) is 93.4 Å². The molecule has 19 rings (SSSR count). The van der Waals surface area contributed by atoms with E-state index in [4.69, 9.17) is 54.7 Å². The van der Waals surface area contributed by atoms with E-state index in [1.54, 1.807) is 42.5 Å². The highest BCUT2D eigenvalue weighted by Gasteiger charge is 2.52. The summed E-state index contributed by atoms with van der Waals surface area (Å²) in [4.78, 5) is 23.5. The fourth-order valence-electron chi connectivity index (χ4n) is 17.5. The second kappa shape index (κ2) is 39.0. The van der Waals surface area contributed by atoms with Crippen LogP contribution >= 0.6 is 11.6 Å². The highest BCUT2D eigenvalue weighted by Crippen LogP contribution is 2.46. The number of rotatable bonds is 21. The quantitative estimate of drug-likeness (QED) is 0.0371. The van der Waals surface area contributed by atoms with E-state index in [2.05, 4.69) is 109 Å². The Morgan fingerprint density at radius 1 is 0.469 bits per heavy atom. The Bertz CT molecular complexity index is 5720. The van der Waals surface area contributed by atoms with Crippen LogP contribution in [0.15, 0.2) is 134 Å². The maximum atomic E-state index is 15.0. The van der Waals surface area contributed by atoms with Gasteiger partial charge in [0, 0.05) is 182 Å². The van der Waals surface area contributed by atoms with Crippen molar-refractivity contribution >= 4 is 79.9 Å². The summed E-state index contributed by atoms with van der Waals surface area (Å²) >= 11 is 6.18. The first-order valence-electron chi connectivity index (χ1n) is 44.1. The zero-order chi connectivity index (χ0) is 90.1. The third kappa shape index (κ3) is 21.1. The van der Waals surface area contributed by atoms with Crippen LogP contribution in [0.2, 0.25) is 56.4 Å². The van der Waals surface area contributed by atoms with Gasteiger partial charge >= 0.3 is 7.12 Å². The van der Waals surface area contributed by atoms with Gasteiger partial charge in [0.2, 0.25) is 0 Å².